The number of amides is 2. The van der Waals surface area contributed by atoms with Gasteiger partial charge in [0, 0.05) is 25.0 Å². The number of thiazole rings is 1. The molecule has 0 spiro atoms. The van der Waals surface area contributed by atoms with Crippen LogP contribution in [-0.2, 0) is 11.3 Å². The van der Waals surface area contributed by atoms with Crippen molar-refractivity contribution in [2.45, 2.75) is 40.2 Å². The maximum Gasteiger partial charge on any atom is 0.274 e. The van der Waals surface area contributed by atoms with Gasteiger partial charge in [-0.25, -0.2) is 4.98 Å². The zero-order valence-electron chi connectivity index (χ0n) is 16.9. The Kier molecular flexibility index (Phi) is 8.94. The van der Waals surface area contributed by atoms with Crippen LogP contribution >= 0.6 is 11.3 Å². The van der Waals surface area contributed by atoms with Gasteiger partial charge in [-0.05, 0) is 17.9 Å². The first-order valence-electron chi connectivity index (χ1n) is 9.78. The first-order chi connectivity index (χ1) is 13.5. The lowest BCUT2D eigenvalue weighted by Crippen LogP contribution is -2.41. The highest BCUT2D eigenvalue weighted by atomic mass is 32.1. The third-order valence-electron chi connectivity index (χ3n) is 4.08. The minimum absolute atomic E-state index is 0.0105. The summed E-state index contributed by atoms with van der Waals surface area (Å²) in [5.41, 5.74) is 1.35. The second-order valence-corrected chi connectivity index (χ2v) is 8.02. The normalized spacial score (nSPS) is 10.7. The molecule has 0 saturated carbocycles. The average Bonchev–Trinajstić information content (AvgIpc) is 3.15. The molecule has 2 N–H and O–H groups in total. The van der Waals surface area contributed by atoms with Crippen LogP contribution in [0.1, 0.15) is 49.7 Å². The lowest BCUT2D eigenvalue weighted by Gasteiger charge is -2.22. The Morgan fingerprint density at radius 3 is 2.64 bits per heavy atom. The van der Waals surface area contributed by atoms with Crippen molar-refractivity contribution in [1.82, 2.24) is 15.2 Å². The highest BCUT2D eigenvalue weighted by Crippen LogP contribution is 2.18. The SMILES string of the molecule is CCCCNc1nc(C(=O)N(CC(=O)NCC(C)C)Cc2ccccc2)cs1. The van der Waals surface area contributed by atoms with E-state index in [1.54, 1.807) is 10.3 Å². The van der Waals surface area contributed by atoms with Crippen molar-refractivity contribution in [1.29, 1.82) is 0 Å². The minimum Gasteiger partial charge on any atom is -0.362 e. The summed E-state index contributed by atoms with van der Waals surface area (Å²) in [6.45, 7) is 8.01. The maximum absolute atomic E-state index is 13.0. The predicted octanol–water partition coefficient (Wildman–Crippen LogP) is 3.77. The van der Waals surface area contributed by atoms with Gasteiger partial charge in [-0.15, -0.1) is 11.3 Å². The van der Waals surface area contributed by atoms with E-state index >= 15 is 0 Å². The number of hydrogen-bond acceptors (Lipinski definition) is 5. The predicted molar refractivity (Wildman–Crippen MR) is 115 cm³/mol. The van der Waals surface area contributed by atoms with Gasteiger partial charge < -0.3 is 15.5 Å². The summed E-state index contributed by atoms with van der Waals surface area (Å²) >= 11 is 1.41. The molecular weight excluding hydrogens is 372 g/mol. The van der Waals surface area contributed by atoms with Crippen molar-refractivity contribution in [3.05, 3.63) is 47.0 Å². The molecule has 2 aromatic rings. The smallest absolute Gasteiger partial charge is 0.274 e. The molecule has 0 aliphatic rings. The van der Waals surface area contributed by atoms with E-state index in [-0.39, 0.29) is 18.4 Å². The maximum atomic E-state index is 13.0. The van der Waals surface area contributed by atoms with Gasteiger partial charge in [0.1, 0.15) is 12.2 Å². The van der Waals surface area contributed by atoms with Crippen LogP contribution < -0.4 is 10.6 Å². The number of benzene rings is 1. The molecule has 0 bridgehead atoms. The van der Waals surface area contributed by atoms with Gasteiger partial charge >= 0.3 is 0 Å². The number of nitrogens with zero attached hydrogens (tertiary/aromatic N) is 2. The Labute approximate surface area is 171 Å². The Balaban J connectivity index is 2.08. The van der Waals surface area contributed by atoms with Gasteiger partial charge in [-0.1, -0.05) is 57.5 Å². The molecule has 1 heterocycles. The van der Waals surface area contributed by atoms with E-state index < -0.39 is 0 Å². The number of rotatable bonds is 11. The third-order valence-corrected chi connectivity index (χ3v) is 4.88. The number of unbranched alkanes of at least 4 members (excludes halogenated alkanes) is 1. The van der Waals surface area contributed by atoms with Crippen LogP contribution in [0.4, 0.5) is 5.13 Å². The number of carbonyl (C=O) groups is 2. The Hall–Kier alpha value is -2.41. The Morgan fingerprint density at radius 2 is 1.96 bits per heavy atom. The van der Waals surface area contributed by atoms with Crippen molar-refractivity contribution in [2.75, 3.05) is 25.0 Å². The van der Waals surface area contributed by atoms with Gasteiger partial charge in [-0.3, -0.25) is 9.59 Å². The van der Waals surface area contributed by atoms with Crippen molar-refractivity contribution in [2.24, 2.45) is 5.92 Å². The molecule has 0 saturated heterocycles. The highest BCUT2D eigenvalue weighted by molar-refractivity contribution is 7.13. The van der Waals surface area contributed by atoms with Crippen LogP contribution in [0.25, 0.3) is 0 Å². The van der Waals surface area contributed by atoms with Crippen LogP contribution in [0.2, 0.25) is 0 Å². The van der Waals surface area contributed by atoms with Crippen LogP contribution in [0, 0.1) is 5.92 Å². The summed E-state index contributed by atoms with van der Waals surface area (Å²) in [7, 11) is 0. The van der Waals surface area contributed by atoms with Gasteiger partial charge in [0.2, 0.25) is 5.91 Å². The van der Waals surface area contributed by atoms with Crippen molar-refractivity contribution < 1.29 is 9.59 Å². The van der Waals surface area contributed by atoms with Gasteiger partial charge in [0.05, 0.1) is 0 Å². The van der Waals surface area contributed by atoms with E-state index in [0.717, 1.165) is 30.1 Å². The monoisotopic (exact) mass is 402 g/mol. The Morgan fingerprint density at radius 1 is 1.21 bits per heavy atom. The lowest BCUT2D eigenvalue weighted by molar-refractivity contribution is -0.122. The average molecular weight is 403 g/mol. The number of carbonyl (C=O) groups excluding carboxylic acids is 2. The molecule has 1 aromatic heterocycles. The zero-order chi connectivity index (χ0) is 20.4. The van der Waals surface area contributed by atoms with Gasteiger partial charge in [-0.2, -0.15) is 0 Å². The molecule has 0 aliphatic heterocycles. The van der Waals surface area contributed by atoms with Crippen LogP contribution in [0.3, 0.4) is 0 Å². The fourth-order valence-electron chi connectivity index (χ4n) is 2.54. The summed E-state index contributed by atoms with van der Waals surface area (Å²) in [5.74, 6) is -0.0321. The standard InChI is InChI=1S/C21H30N4O2S/c1-4-5-11-22-21-24-18(15-28-21)20(27)25(13-17-9-7-6-8-10-17)14-19(26)23-12-16(2)3/h6-10,15-16H,4-5,11-14H2,1-3H3,(H,22,24)(H,23,26). The van der Waals surface area contributed by atoms with Crippen molar-refractivity contribution >= 4 is 28.3 Å². The van der Waals surface area contributed by atoms with Crippen molar-refractivity contribution in [3.8, 4) is 0 Å². The molecule has 0 atom stereocenters. The molecule has 6 nitrogen and oxygen atoms in total. The largest absolute Gasteiger partial charge is 0.362 e. The second kappa shape index (κ2) is 11.4. The van der Waals surface area contributed by atoms with E-state index in [1.807, 2.05) is 44.2 Å². The molecular formula is C21H30N4O2S. The van der Waals surface area contributed by atoms with E-state index in [2.05, 4.69) is 22.5 Å². The third kappa shape index (κ3) is 7.31. The number of anilines is 1. The summed E-state index contributed by atoms with van der Waals surface area (Å²) < 4.78 is 0. The summed E-state index contributed by atoms with van der Waals surface area (Å²) in [6.07, 6.45) is 2.15. The van der Waals surface area contributed by atoms with E-state index in [9.17, 15) is 9.59 Å². The molecule has 7 heteroatoms. The zero-order valence-corrected chi connectivity index (χ0v) is 17.7. The molecule has 1 aromatic carbocycles. The molecule has 2 rings (SSSR count). The molecule has 0 radical (unpaired) electrons. The lowest BCUT2D eigenvalue weighted by atomic mass is 10.2. The second-order valence-electron chi connectivity index (χ2n) is 7.16. The topological polar surface area (TPSA) is 74.3 Å². The Bertz CT molecular complexity index is 746. The summed E-state index contributed by atoms with van der Waals surface area (Å²) in [4.78, 5) is 31.3. The van der Waals surface area contributed by atoms with Gasteiger partial charge in [0.15, 0.2) is 5.13 Å². The van der Waals surface area contributed by atoms with Crippen LogP contribution in [-0.4, -0.2) is 41.3 Å². The first-order valence-corrected chi connectivity index (χ1v) is 10.7. The van der Waals surface area contributed by atoms with Crippen LogP contribution in [0.5, 0.6) is 0 Å². The summed E-state index contributed by atoms with van der Waals surface area (Å²) in [6, 6.07) is 9.68. The van der Waals surface area contributed by atoms with E-state index in [4.69, 9.17) is 0 Å². The number of hydrogen-bond donors (Lipinski definition) is 2. The first kappa shape index (κ1) is 21.9. The van der Waals surface area contributed by atoms with Crippen LogP contribution in [0.15, 0.2) is 35.7 Å². The van der Waals surface area contributed by atoms with Gasteiger partial charge in [0.25, 0.3) is 5.91 Å². The quantitative estimate of drug-likeness (QED) is 0.561. The minimum atomic E-state index is -0.233. The van der Waals surface area contributed by atoms with Crippen molar-refractivity contribution in [3.63, 3.8) is 0 Å². The fraction of sp³-hybridized carbons (Fsp3) is 0.476. The van der Waals surface area contributed by atoms with E-state index in [0.29, 0.717) is 24.7 Å². The molecule has 152 valence electrons. The molecule has 0 aliphatic carbocycles. The molecule has 0 unspecified atom stereocenters. The molecule has 28 heavy (non-hydrogen) atoms. The summed E-state index contributed by atoms with van der Waals surface area (Å²) in [5, 5.41) is 8.61. The fourth-order valence-corrected chi connectivity index (χ4v) is 3.25. The number of aromatic nitrogens is 1. The van der Waals surface area contributed by atoms with E-state index in [1.165, 1.54) is 11.3 Å². The highest BCUT2D eigenvalue weighted by Gasteiger charge is 2.22. The molecule has 2 amide bonds. The molecule has 0 fully saturated rings. The number of nitrogens with one attached hydrogen (secondary N) is 2.